The molecule has 1 amide bonds. The van der Waals surface area contributed by atoms with Crippen LogP contribution in [0.4, 0.5) is 10.5 Å². The first kappa shape index (κ1) is 19.8. The predicted molar refractivity (Wildman–Crippen MR) is 94.3 cm³/mol. The summed E-state index contributed by atoms with van der Waals surface area (Å²) < 4.78 is 10.3. The highest BCUT2D eigenvalue weighted by Crippen LogP contribution is 2.12. The Morgan fingerprint density at radius 3 is 2.17 bits per heavy atom. The molecule has 0 radical (unpaired) electrons. The van der Waals surface area contributed by atoms with Crippen molar-refractivity contribution in [1.82, 2.24) is 5.32 Å². The first-order valence-corrected chi connectivity index (χ1v) is 8.11. The standard InChI is InChI=1S/C18H28N2O4/c1-12(2)23-16(21)14-7-9-15(10-8-14)20-13(3)11-19-17(22)24-18(4,5)6/h7-10,12-13,20H,11H2,1-6H3,(H,19,22). The molecule has 0 fully saturated rings. The Hall–Kier alpha value is -2.24. The number of hydrogen-bond acceptors (Lipinski definition) is 5. The zero-order valence-corrected chi connectivity index (χ0v) is 15.3. The van der Waals surface area contributed by atoms with Crippen LogP contribution in [0.2, 0.25) is 0 Å². The maximum atomic E-state index is 11.8. The van der Waals surface area contributed by atoms with Crippen molar-refractivity contribution in [2.75, 3.05) is 11.9 Å². The number of anilines is 1. The van der Waals surface area contributed by atoms with Crippen LogP contribution in [0.1, 0.15) is 51.9 Å². The Balaban J connectivity index is 2.46. The topological polar surface area (TPSA) is 76.7 Å². The summed E-state index contributed by atoms with van der Waals surface area (Å²) >= 11 is 0. The van der Waals surface area contributed by atoms with E-state index in [-0.39, 0.29) is 18.1 Å². The second-order valence-electron chi connectivity index (χ2n) is 6.96. The van der Waals surface area contributed by atoms with Gasteiger partial charge in [0.1, 0.15) is 5.60 Å². The molecule has 1 atom stereocenters. The molecule has 2 N–H and O–H groups in total. The maximum absolute atomic E-state index is 11.8. The van der Waals surface area contributed by atoms with E-state index < -0.39 is 11.7 Å². The molecule has 0 bridgehead atoms. The number of benzene rings is 1. The van der Waals surface area contributed by atoms with Gasteiger partial charge in [0, 0.05) is 18.3 Å². The van der Waals surface area contributed by atoms with Crippen molar-refractivity contribution in [2.45, 2.75) is 59.3 Å². The summed E-state index contributed by atoms with van der Waals surface area (Å²) in [7, 11) is 0. The number of amides is 1. The van der Waals surface area contributed by atoms with Crippen LogP contribution in [0, 0.1) is 0 Å². The van der Waals surface area contributed by atoms with Crippen molar-refractivity contribution in [3.05, 3.63) is 29.8 Å². The smallest absolute Gasteiger partial charge is 0.407 e. The van der Waals surface area contributed by atoms with E-state index in [1.807, 2.05) is 41.5 Å². The Morgan fingerprint density at radius 1 is 1.08 bits per heavy atom. The first-order valence-electron chi connectivity index (χ1n) is 8.11. The van der Waals surface area contributed by atoms with Crippen LogP contribution in [0.25, 0.3) is 0 Å². The van der Waals surface area contributed by atoms with Gasteiger partial charge in [0.25, 0.3) is 0 Å². The molecule has 1 rings (SSSR count). The SMILES string of the molecule is CC(CNC(=O)OC(C)(C)C)Nc1ccc(C(=O)OC(C)C)cc1. The van der Waals surface area contributed by atoms with E-state index in [4.69, 9.17) is 9.47 Å². The Labute approximate surface area is 143 Å². The molecule has 24 heavy (non-hydrogen) atoms. The largest absolute Gasteiger partial charge is 0.459 e. The molecule has 0 saturated heterocycles. The third-order valence-corrected chi connectivity index (χ3v) is 2.83. The average Bonchev–Trinajstić information content (AvgIpc) is 2.43. The monoisotopic (exact) mass is 336 g/mol. The first-order chi connectivity index (χ1) is 11.1. The summed E-state index contributed by atoms with van der Waals surface area (Å²) in [6.45, 7) is 11.4. The van der Waals surface area contributed by atoms with Gasteiger partial charge in [-0.25, -0.2) is 9.59 Å². The lowest BCUT2D eigenvalue weighted by atomic mass is 10.2. The minimum atomic E-state index is -0.513. The summed E-state index contributed by atoms with van der Waals surface area (Å²) in [6.07, 6.45) is -0.586. The lowest BCUT2D eigenvalue weighted by molar-refractivity contribution is 0.0377. The van der Waals surface area contributed by atoms with Crippen LogP contribution in [-0.4, -0.2) is 36.4 Å². The van der Waals surface area contributed by atoms with Gasteiger partial charge in [-0.3, -0.25) is 0 Å². The van der Waals surface area contributed by atoms with E-state index in [0.29, 0.717) is 12.1 Å². The maximum Gasteiger partial charge on any atom is 0.407 e. The highest BCUT2D eigenvalue weighted by Gasteiger charge is 2.16. The molecule has 0 aliphatic heterocycles. The van der Waals surface area contributed by atoms with E-state index in [9.17, 15) is 9.59 Å². The molecular weight excluding hydrogens is 308 g/mol. The van der Waals surface area contributed by atoms with Gasteiger partial charge >= 0.3 is 12.1 Å². The van der Waals surface area contributed by atoms with Crippen LogP contribution in [0.5, 0.6) is 0 Å². The summed E-state index contributed by atoms with van der Waals surface area (Å²) in [5, 5.41) is 5.96. The fourth-order valence-corrected chi connectivity index (χ4v) is 1.87. The van der Waals surface area contributed by atoms with Gasteiger partial charge in [0.05, 0.1) is 11.7 Å². The van der Waals surface area contributed by atoms with Crippen molar-refractivity contribution in [1.29, 1.82) is 0 Å². The summed E-state index contributed by atoms with van der Waals surface area (Å²) in [5.74, 6) is -0.337. The van der Waals surface area contributed by atoms with Crippen LogP contribution >= 0.6 is 0 Å². The number of carbonyl (C=O) groups excluding carboxylic acids is 2. The number of esters is 1. The molecule has 0 spiro atoms. The lowest BCUT2D eigenvalue weighted by Crippen LogP contribution is -2.38. The molecule has 134 valence electrons. The van der Waals surface area contributed by atoms with Gasteiger partial charge in [0.15, 0.2) is 0 Å². The number of alkyl carbamates (subject to hydrolysis) is 1. The Bertz CT molecular complexity index is 547. The normalized spacial score (nSPS) is 12.5. The van der Waals surface area contributed by atoms with Crippen LogP contribution in [-0.2, 0) is 9.47 Å². The molecular formula is C18H28N2O4. The van der Waals surface area contributed by atoms with E-state index in [0.717, 1.165) is 5.69 Å². The van der Waals surface area contributed by atoms with Crippen molar-refractivity contribution in [3.63, 3.8) is 0 Å². The fourth-order valence-electron chi connectivity index (χ4n) is 1.87. The van der Waals surface area contributed by atoms with Crippen LogP contribution in [0.15, 0.2) is 24.3 Å². The van der Waals surface area contributed by atoms with Crippen LogP contribution < -0.4 is 10.6 Å². The molecule has 0 heterocycles. The van der Waals surface area contributed by atoms with Crippen molar-refractivity contribution >= 4 is 17.7 Å². The fraction of sp³-hybridized carbons (Fsp3) is 0.556. The lowest BCUT2D eigenvalue weighted by Gasteiger charge is -2.21. The third kappa shape index (κ3) is 7.85. The minimum absolute atomic E-state index is 0.00554. The highest BCUT2D eigenvalue weighted by atomic mass is 16.6. The van der Waals surface area contributed by atoms with Crippen molar-refractivity contribution in [3.8, 4) is 0 Å². The van der Waals surface area contributed by atoms with Gasteiger partial charge in [-0.05, 0) is 65.8 Å². The molecule has 6 nitrogen and oxygen atoms in total. The van der Waals surface area contributed by atoms with Gasteiger partial charge in [-0.2, -0.15) is 0 Å². The average molecular weight is 336 g/mol. The zero-order chi connectivity index (χ0) is 18.3. The van der Waals surface area contributed by atoms with Gasteiger partial charge in [-0.1, -0.05) is 0 Å². The number of ether oxygens (including phenoxy) is 2. The van der Waals surface area contributed by atoms with Crippen molar-refractivity contribution in [2.24, 2.45) is 0 Å². The van der Waals surface area contributed by atoms with E-state index >= 15 is 0 Å². The molecule has 1 aromatic carbocycles. The summed E-state index contributed by atoms with van der Waals surface area (Å²) in [5.41, 5.74) is 0.852. The molecule has 0 aromatic heterocycles. The number of nitrogens with one attached hydrogen (secondary N) is 2. The molecule has 1 aromatic rings. The van der Waals surface area contributed by atoms with Gasteiger partial charge < -0.3 is 20.1 Å². The molecule has 0 aliphatic carbocycles. The molecule has 0 aliphatic rings. The Kier molecular flexibility index (Phi) is 7.07. The Morgan fingerprint density at radius 2 is 1.67 bits per heavy atom. The van der Waals surface area contributed by atoms with Gasteiger partial charge in [-0.15, -0.1) is 0 Å². The third-order valence-electron chi connectivity index (χ3n) is 2.83. The minimum Gasteiger partial charge on any atom is -0.459 e. The number of rotatable bonds is 6. The molecule has 1 unspecified atom stereocenters. The summed E-state index contributed by atoms with van der Waals surface area (Å²) in [6, 6.07) is 7.04. The number of hydrogen-bond donors (Lipinski definition) is 2. The second-order valence-corrected chi connectivity index (χ2v) is 6.96. The van der Waals surface area contributed by atoms with E-state index in [1.165, 1.54) is 0 Å². The second kappa shape index (κ2) is 8.57. The number of carbonyl (C=O) groups is 2. The molecule has 0 saturated carbocycles. The van der Waals surface area contributed by atoms with E-state index in [2.05, 4.69) is 10.6 Å². The zero-order valence-electron chi connectivity index (χ0n) is 15.3. The van der Waals surface area contributed by atoms with E-state index in [1.54, 1.807) is 24.3 Å². The quantitative estimate of drug-likeness (QED) is 0.777. The predicted octanol–water partition coefficient (Wildman–Crippen LogP) is 3.58. The van der Waals surface area contributed by atoms with Gasteiger partial charge in [0.2, 0.25) is 0 Å². The highest BCUT2D eigenvalue weighted by molar-refractivity contribution is 5.89. The van der Waals surface area contributed by atoms with Crippen molar-refractivity contribution < 1.29 is 19.1 Å². The molecule has 6 heteroatoms. The van der Waals surface area contributed by atoms with Crippen LogP contribution in [0.3, 0.4) is 0 Å². The summed E-state index contributed by atoms with van der Waals surface area (Å²) in [4.78, 5) is 23.4.